The van der Waals surface area contributed by atoms with Crippen LogP contribution < -0.4 is 9.64 Å². The Hall–Kier alpha value is -1.88. The number of ether oxygens (including phenoxy) is 1. The van der Waals surface area contributed by atoms with Gasteiger partial charge in [-0.25, -0.2) is 0 Å². The van der Waals surface area contributed by atoms with Crippen LogP contribution in [-0.2, 0) is 0 Å². The van der Waals surface area contributed by atoms with Gasteiger partial charge >= 0.3 is 6.01 Å². The smallest absolute Gasteiger partial charge is 0.328 e. The molecule has 0 saturated carbocycles. The van der Waals surface area contributed by atoms with Gasteiger partial charge in [-0.05, 0) is 55.5 Å². The van der Waals surface area contributed by atoms with E-state index in [1.54, 1.807) is 0 Å². The standard InChI is InChI=1S/C15H17ClN4O/c1-10-6-5-7-12(11(10)2)21-15-18-13(16)17-14(19-15)20-8-3-4-9-20/h5-7H,3-4,8-9H2,1-2H3. The molecule has 110 valence electrons. The summed E-state index contributed by atoms with van der Waals surface area (Å²) >= 11 is 6.00. The van der Waals surface area contributed by atoms with Crippen molar-refractivity contribution in [1.82, 2.24) is 15.0 Å². The van der Waals surface area contributed by atoms with E-state index >= 15 is 0 Å². The first-order valence-electron chi connectivity index (χ1n) is 7.04. The topological polar surface area (TPSA) is 51.1 Å². The van der Waals surface area contributed by atoms with Crippen LogP contribution in [-0.4, -0.2) is 28.0 Å². The van der Waals surface area contributed by atoms with Crippen molar-refractivity contribution in [2.24, 2.45) is 0 Å². The van der Waals surface area contributed by atoms with E-state index in [-0.39, 0.29) is 11.3 Å². The molecule has 2 aromatic rings. The fourth-order valence-electron chi connectivity index (χ4n) is 2.36. The van der Waals surface area contributed by atoms with Gasteiger partial charge in [0.1, 0.15) is 5.75 Å². The number of rotatable bonds is 3. The molecule has 1 aliphatic rings. The molecule has 1 fully saturated rings. The molecule has 1 aliphatic heterocycles. The molecule has 0 spiro atoms. The molecule has 0 atom stereocenters. The Balaban J connectivity index is 1.89. The minimum absolute atomic E-state index is 0.159. The maximum Gasteiger partial charge on any atom is 0.328 e. The van der Waals surface area contributed by atoms with E-state index < -0.39 is 0 Å². The Labute approximate surface area is 129 Å². The second kappa shape index (κ2) is 5.85. The van der Waals surface area contributed by atoms with Crippen molar-refractivity contribution in [2.75, 3.05) is 18.0 Å². The summed E-state index contributed by atoms with van der Waals surface area (Å²) in [7, 11) is 0. The number of aryl methyl sites for hydroxylation is 1. The lowest BCUT2D eigenvalue weighted by atomic mass is 10.1. The van der Waals surface area contributed by atoms with Gasteiger partial charge in [0.25, 0.3) is 0 Å². The van der Waals surface area contributed by atoms with Crippen LogP contribution in [0.2, 0.25) is 5.28 Å². The molecule has 1 aromatic carbocycles. The zero-order chi connectivity index (χ0) is 14.8. The minimum atomic E-state index is 0.159. The molecule has 1 aromatic heterocycles. The summed E-state index contributed by atoms with van der Waals surface area (Å²) in [6.45, 7) is 5.94. The van der Waals surface area contributed by atoms with Gasteiger partial charge in [0.15, 0.2) is 0 Å². The van der Waals surface area contributed by atoms with Gasteiger partial charge in [-0.1, -0.05) is 12.1 Å². The Morgan fingerprint density at radius 2 is 1.86 bits per heavy atom. The van der Waals surface area contributed by atoms with Gasteiger partial charge in [-0.3, -0.25) is 0 Å². The lowest BCUT2D eigenvalue weighted by Gasteiger charge is -2.16. The fourth-order valence-corrected chi connectivity index (χ4v) is 2.51. The average Bonchev–Trinajstić information content (AvgIpc) is 2.97. The summed E-state index contributed by atoms with van der Waals surface area (Å²) in [4.78, 5) is 14.7. The van der Waals surface area contributed by atoms with Crippen molar-refractivity contribution in [3.63, 3.8) is 0 Å². The quantitative estimate of drug-likeness (QED) is 0.868. The SMILES string of the molecule is Cc1cccc(Oc2nc(Cl)nc(N3CCCC3)n2)c1C. The minimum Gasteiger partial charge on any atom is -0.424 e. The summed E-state index contributed by atoms with van der Waals surface area (Å²) < 4.78 is 5.80. The van der Waals surface area contributed by atoms with E-state index in [0.717, 1.165) is 42.8 Å². The van der Waals surface area contributed by atoms with Crippen molar-refractivity contribution in [3.05, 3.63) is 34.6 Å². The number of hydrogen-bond acceptors (Lipinski definition) is 5. The van der Waals surface area contributed by atoms with Crippen molar-refractivity contribution in [1.29, 1.82) is 0 Å². The molecule has 0 bridgehead atoms. The summed E-state index contributed by atoms with van der Waals surface area (Å²) in [6.07, 6.45) is 2.30. The van der Waals surface area contributed by atoms with Gasteiger partial charge in [0, 0.05) is 13.1 Å². The highest BCUT2D eigenvalue weighted by atomic mass is 35.5. The lowest BCUT2D eigenvalue weighted by Crippen LogP contribution is -2.21. The highest BCUT2D eigenvalue weighted by Crippen LogP contribution is 2.26. The molecule has 6 heteroatoms. The van der Waals surface area contributed by atoms with Crippen LogP contribution in [0.1, 0.15) is 24.0 Å². The first-order chi connectivity index (χ1) is 10.1. The fraction of sp³-hybridized carbons (Fsp3) is 0.400. The molecule has 2 heterocycles. The van der Waals surface area contributed by atoms with Crippen LogP contribution in [0.4, 0.5) is 5.95 Å². The molecule has 0 amide bonds. The Bertz CT molecular complexity index is 656. The number of benzene rings is 1. The van der Waals surface area contributed by atoms with Gasteiger partial charge < -0.3 is 9.64 Å². The third kappa shape index (κ3) is 3.08. The van der Waals surface area contributed by atoms with Gasteiger partial charge in [-0.15, -0.1) is 0 Å². The number of halogens is 1. The largest absolute Gasteiger partial charge is 0.424 e. The van der Waals surface area contributed by atoms with Crippen LogP contribution in [0.3, 0.4) is 0 Å². The second-order valence-electron chi connectivity index (χ2n) is 5.18. The predicted octanol–water partition coefficient (Wildman–Crippen LogP) is 3.53. The van der Waals surface area contributed by atoms with E-state index in [9.17, 15) is 0 Å². The Morgan fingerprint density at radius 1 is 1.10 bits per heavy atom. The summed E-state index contributed by atoms with van der Waals surface area (Å²) in [5, 5.41) is 0.159. The number of nitrogens with zero attached hydrogens (tertiary/aromatic N) is 4. The number of anilines is 1. The van der Waals surface area contributed by atoms with Crippen LogP contribution in [0, 0.1) is 13.8 Å². The Kier molecular flexibility index (Phi) is 3.92. The molecule has 1 saturated heterocycles. The highest BCUT2D eigenvalue weighted by Gasteiger charge is 2.18. The molecule has 0 radical (unpaired) electrons. The van der Waals surface area contributed by atoms with E-state index in [2.05, 4.69) is 19.9 Å². The number of aromatic nitrogens is 3. The molecule has 5 nitrogen and oxygen atoms in total. The molecule has 0 aliphatic carbocycles. The zero-order valence-corrected chi connectivity index (χ0v) is 12.9. The summed E-state index contributed by atoms with van der Waals surface area (Å²) in [6, 6.07) is 6.13. The van der Waals surface area contributed by atoms with Crippen LogP contribution in [0.25, 0.3) is 0 Å². The van der Waals surface area contributed by atoms with Crippen LogP contribution >= 0.6 is 11.6 Å². The molecule has 3 rings (SSSR count). The normalized spacial score (nSPS) is 14.5. The van der Waals surface area contributed by atoms with E-state index in [0.29, 0.717) is 5.95 Å². The third-order valence-corrected chi connectivity index (χ3v) is 3.89. The van der Waals surface area contributed by atoms with Crippen LogP contribution in [0.15, 0.2) is 18.2 Å². The van der Waals surface area contributed by atoms with Crippen molar-refractivity contribution >= 4 is 17.5 Å². The summed E-state index contributed by atoms with van der Waals surface area (Å²) in [5.41, 5.74) is 2.23. The van der Waals surface area contributed by atoms with Crippen molar-refractivity contribution in [2.45, 2.75) is 26.7 Å². The van der Waals surface area contributed by atoms with E-state index in [4.69, 9.17) is 16.3 Å². The molecule has 0 N–H and O–H groups in total. The van der Waals surface area contributed by atoms with Gasteiger partial charge in [0.05, 0.1) is 0 Å². The second-order valence-corrected chi connectivity index (χ2v) is 5.52. The first kappa shape index (κ1) is 14.1. The molecule has 21 heavy (non-hydrogen) atoms. The summed E-state index contributed by atoms with van der Waals surface area (Å²) in [5.74, 6) is 1.33. The Morgan fingerprint density at radius 3 is 2.62 bits per heavy atom. The molecular weight excluding hydrogens is 288 g/mol. The van der Waals surface area contributed by atoms with E-state index in [1.165, 1.54) is 0 Å². The van der Waals surface area contributed by atoms with Crippen molar-refractivity contribution in [3.8, 4) is 11.8 Å². The number of hydrogen-bond donors (Lipinski definition) is 0. The van der Waals surface area contributed by atoms with Gasteiger partial charge in [0.2, 0.25) is 11.2 Å². The maximum atomic E-state index is 6.00. The first-order valence-corrected chi connectivity index (χ1v) is 7.42. The van der Waals surface area contributed by atoms with Crippen molar-refractivity contribution < 1.29 is 4.74 Å². The molecular formula is C15H17ClN4O. The lowest BCUT2D eigenvalue weighted by molar-refractivity contribution is 0.436. The van der Waals surface area contributed by atoms with Crippen LogP contribution in [0.5, 0.6) is 11.8 Å². The highest BCUT2D eigenvalue weighted by molar-refractivity contribution is 6.28. The zero-order valence-electron chi connectivity index (χ0n) is 12.1. The maximum absolute atomic E-state index is 6.00. The third-order valence-electron chi connectivity index (χ3n) is 3.72. The van der Waals surface area contributed by atoms with Gasteiger partial charge in [-0.2, -0.15) is 15.0 Å². The predicted molar refractivity (Wildman–Crippen MR) is 82.3 cm³/mol. The van der Waals surface area contributed by atoms with E-state index in [1.807, 2.05) is 32.0 Å². The molecule has 0 unspecified atom stereocenters. The monoisotopic (exact) mass is 304 g/mol. The average molecular weight is 305 g/mol.